The number of benzene rings is 2. The summed E-state index contributed by atoms with van der Waals surface area (Å²) in [6, 6.07) is 15.0. The van der Waals surface area contributed by atoms with Crippen molar-refractivity contribution in [2.45, 2.75) is 13.0 Å². The summed E-state index contributed by atoms with van der Waals surface area (Å²) in [6.07, 6.45) is 3.01. The molecule has 7 nitrogen and oxygen atoms in total. The summed E-state index contributed by atoms with van der Waals surface area (Å²) in [5.74, 6) is 1.80. The van der Waals surface area contributed by atoms with E-state index in [0.717, 1.165) is 64.3 Å². The maximum Gasteiger partial charge on any atom is 0.166 e. The predicted octanol–water partition coefficient (Wildman–Crippen LogP) is 5.01. The maximum atomic E-state index is 12.6. The first-order valence-corrected chi connectivity index (χ1v) is 12.1. The number of nitrogens with zero attached hydrogens (tertiary/aromatic N) is 3. The Bertz CT molecular complexity index is 1430. The molecule has 36 heavy (non-hydrogen) atoms. The average Bonchev–Trinajstić information content (AvgIpc) is 3.35. The van der Waals surface area contributed by atoms with E-state index in [9.17, 15) is 9.50 Å². The van der Waals surface area contributed by atoms with Gasteiger partial charge in [-0.1, -0.05) is 12.1 Å². The second-order valence-corrected chi connectivity index (χ2v) is 9.41. The van der Waals surface area contributed by atoms with Crippen molar-refractivity contribution in [3.8, 4) is 17.2 Å². The number of fused-ring (bicyclic) bond motifs is 3. The second-order valence-electron chi connectivity index (χ2n) is 9.41. The van der Waals surface area contributed by atoms with Gasteiger partial charge in [0.15, 0.2) is 6.10 Å². The lowest BCUT2D eigenvalue weighted by Crippen LogP contribution is -2.49. The quantitative estimate of drug-likeness (QED) is 0.382. The molecule has 0 amide bonds. The van der Waals surface area contributed by atoms with Crippen molar-refractivity contribution >= 4 is 22.0 Å². The molecular weight excluding hydrogens is 459 g/mol. The van der Waals surface area contributed by atoms with Crippen LogP contribution in [0.1, 0.15) is 29.8 Å². The van der Waals surface area contributed by atoms with E-state index in [4.69, 9.17) is 14.5 Å². The monoisotopic (exact) mass is 486 g/mol. The SMILES string of the molecule is CC1=C(c2cccc(O)c2)C(c2ccc(OCCN3CC(CF)C3)cn2)Oc2c1ccc1[nH]ncc21. The van der Waals surface area contributed by atoms with Gasteiger partial charge >= 0.3 is 0 Å². The fourth-order valence-corrected chi connectivity index (χ4v) is 5.06. The fourth-order valence-electron chi connectivity index (χ4n) is 5.06. The molecule has 1 atom stereocenters. The first-order chi connectivity index (χ1) is 17.6. The number of hydrogen-bond donors (Lipinski definition) is 2. The van der Waals surface area contributed by atoms with E-state index in [2.05, 4.69) is 22.0 Å². The molecule has 4 aromatic rings. The molecule has 1 fully saturated rings. The standard InChI is InChI=1S/C28H27FN4O3/c1-17-22-6-8-24-23(14-31-32-24)27(22)36-28(26(17)19-3-2-4-20(34)11-19)25-7-5-21(13-30-25)35-10-9-33-15-18(12-29)16-33/h2-8,11,13-14,18,28,34H,9-10,12,15-16H2,1H3,(H,31,32). The zero-order valence-corrected chi connectivity index (χ0v) is 19.9. The van der Waals surface area contributed by atoms with Crippen LogP contribution in [0.25, 0.3) is 22.0 Å². The molecule has 2 N–H and O–H groups in total. The maximum absolute atomic E-state index is 12.6. The van der Waals surface area contributed by atoms with Gasteiger partial charge in [-0.25, -0.2) is 0 Å². The number of hydrogen-bond acceptors (Lipinski definition) is 6. The largest absolute Gasteiger partial charge is 0.508 e. The summed E-state index contributed by atoms with van der Waals surface area (Å²) in [5, 5.41) is 18.3. The third kappa shape index (κ3) is 4.07. The fraction of sp³-hybridized carbons (Fsp3) is 0.286. The van der Waals surface area contributed by atoms with Crippen LogP contribution < -0.4 is 9.47 Å². The van der Waals surface area contributed by atoms with Gasteiger partial charge in [-0.3, -0.25) is 19.4 Å². The molecule has 1 saturated heterocycles. The van der Waals surface area contributed by atoms with Crippen LogP contribution >= 0.6 is 0 Å². The molecule has 2 aromatic heterocycles. The number of aromatic nitrogens is 3. The van der Waals surface area contributed by atoms with Crippen LogP contribution in [-0.4, -0.2) is 58.1 Å². The van der Waals surface area contributed by atoms with Crippen molar-refractivity contribution in [2.24, 2.45) is 5.92 Å². The lowest BCUT2D eigenvalue weighted by atomic mass is 9.87. The molecule has 1 unspecified atom stereocenters. The average molecular weight is 487 g/mol. The van der Waals surface area contributed by atoms with Crippen LogP contribution in [0.2, 0.25) is 0 Å². The molecule has 2 aliphatic heterocycles. The minimum atomic E-state index is -0.479. The number of likely N-dealkylation sites (tertiary alicyclic amines) is 1. The number of rotatable bonds is 7. The lowest BCUT2D eigenvalue weighted by Gasteiger charge is -2.37. The Morgan fingerprint density at radius 1 is 1.17 bits per heavy atom. The molecule has 0 bridgehead atoms. The molecule has 8 heteroatoms. The van der Waals surface area contributed by atoms with Crippen LogP contribution in [0.4, 0.5) is 4.39 Å². The van der Waals surface area contributed by atoms with E-state index in [1.807, 2.05) is 36.4 Å². The van der Waals surface area contributed by atoms with Gasteiger partial charge in [0.1, 0.15) is 23.9 Å². The van der Waals surface area contributed by atoms with Gasteiger partial charge in [0.25, 0.3) is 0 Å². The molecule has 4 heterocycles. The number of allylic oxidation sites excluding steroid dienone is 1. The molecule has 6 rings (SSSR count). The van der Waals surface area contributed by atoms with E-state index in [1.54, 1.807) is 24.5 Å². The van der Waals surface area contributed by atoms with Crippen LogP contribution in [0.5, 0.6) is 17.2 Å². The lowest BCUT2D eigenvalue weighted by molar-refractivity contribution is 0.0668. The van der Waals surface area contributed by atoms with Crippen LogP contribution in [0.15, 0.2) is 60.9 Å². The number of ether oxygens (including phenoxy) is 2. The van der Waals surface area contributed by atoms with Gasteiger partial charge in [-0.15, -0.1) is 0 Å². The number of H-pyrrole nitrogens is 1. The first kappa shape index (κ1) is 22.5. The van der Waals surface area contributed by atoms with Gasteiger partial charge in [0.2, 0.25) is 0 Å². The molecule has 0 saturated carbocycles. The van der Waals surface area contributed by atoms with Crippen molar-refractivity contribution in [1.82, 2.24) is 20.1 Å². The van der Waals surface area contributed by atoms with Crippen molar-refractivity contribution in [2.75, 3.05) is 32.9 Å². The number of alkyl halides is 1. The van der Waals surface area contributed by atoms with E-state index in [1.165, 1.54) is 0 Å². The molecule has 2 aromatic carbocycles. The number of aromatic amines is 1. The number of halogens is 1. The molecule has 184 valence electrons. The Hall–Kier alpha value is -3.91. The summed E-state index contributed by atoms with van der Waals surface area (Å²) >= 11 is 0. The van der Waals surface area contributed by atoms with Crippen LogP contribution in [0.3, 0.4) is 0 Å². The minimum absolute atomic E-state index is 0.173. The third-order valence-electron chi connectivity index (χ3n) is 6.99. The molecule has 2 aliphatic rings. The summed E-state index contributed by atoms with van der Waals surface area (Å²) < 4.78 is 25.1. The zero-order chi connectivity index (χ0) is 24.6. The Morgan fingerprint density at radius 3 is 2.83 bits per heavy atom. The highest BCUT2D eigenvalue weighted by Gasteiger charge is 2.32. The predicted molar refractivity (Wildman–Crippen MR) is 136 cm³/mol. The first-order valence-electron chi connectivity index (χ1n) is 12.1. The number of phenols is 1. The van der Waals surface area contributed by atoms with Gasteiger partial charge in [-0.2, -0.15) is 5.10 Å². The number of aromatic hydroxyl groups is 1. The Morgan fingerprint density at radius 2 is 2.06 bits per heavy atom. The molecular formula is C28H27FN4O3. The van der Waals surface area contributed by atoms with Gasteiger partial charge in [0.05, 0.1) is 35.7 Å². The van der Waals surface area contributed by atoms with Crippen LogP contribution in [-0.2, 0) is 0 Å². The number of phenolic OH excluding ortho intramolecular Hbond substituents is 1. The molecule has 0 radical (unpaired) electrons. The number of nitrogens with one attached hydrogen (secondary N) is 1. The molecule has 0 spiro atoms. The highest BCUT2D eigenvalue weighted by atomic mass is 19.1. The van der Waals surface area contributed by atoms with E-state index in [0.29, 0.717) is 12.4 Å². The van der Waals surface area contributed by atoms with Gasteiger partial charge < -0.3 is 14.6 Å². The third-order valence-corrected chi connectivity index (χ3v) is 6.99. The normalized spacial score (nSPS) is 18.1. The van der Waals surface area contributed by atoms with E-state index in [-0.39, 0.29) is 18.3 Å². The van der Waals surface area contributed by atoms with Crippen molar-refractivity contribution < 1.29 is 19.0 Å². The van der Waals surface area contributed by atoms with E-state index < -0.39 is 6.10 Å². The second kappa shape index (κ2) is 9.28. The van der Waals surface area contributed by atoms with Gasteiger partial charge in [0, 0.05) is 36.7 Å². The summed E-state index contributed by atoms with van der Waals surface area (Å²) in [7, 11) is 0. The molecule has 0 aliphatic carbocycles. The van der Waals surface area contributed by atoms with Crippen molar-refractivity contribution in [1.29, 1.82) is 0 Å². The Labute approximate surface area is 208 Å². The zero-order valence-electron chi connectivity index (χ0n) is 19.9. The summed E-state index contributed by atoms with van der Waals surface area (Å²) in [6.45, 7) is 4.71. The van der Waals surface area contributed by atoms with Crippen molar-refractivity contribution in [3.05, 3.63) is 77.7 Å². The minimum Gasteiger partial charge on any atom is -0.508 e. The highest BCUT2D eigenvalue weighted by Crippen LogP contribution is 2.48. The highest BCUT2D eigenvalue weighted by molar-refractivity contribution is 6.00. The Balaban J connectivity index is 1.29. The van der Waals surface area contributed by atoms with Crippen LogP contribution in [0, 0.1) is 5.92 Å². The van der Waals surface area contributed by atoms with E-state index >= 15 is 0 Å². The number of pyridine rings is 1. The smallest absolute Gasteiger partial charge is 0.166 e. The van der Waals surface area contributed by atoms with Crippen molar-refractivity contribution in [3.63, 3.8) is 0 Å². The van der Waals surface area contributed by atoms with Gasteiger partial charge in [-0.05, 0) is 54.5 Å². The summed E-state index contributed by atoms with van der Waals surface area (Å²) in [5.41, 5.74) is 5.50. The topological polar surface area (TPSA) is 83.5 Å². The Kier molecular flexibility index (Phi) is 5.81. The summed E-state index contributed by atoms with van der Waals surface area (Å²) in [4.78, 5) is 6.89.